The summed E-state index contributed by atoms with van der Waals surface area (Å²) >= 11 is 0. The summed E-state index contributed by atoms with van der Waals surface area (Å²) in [6.07, 6.45) is 1.37. The van der Waals surface area contributed by atoms with Gasteiger partial charge >= 0.3 is 0 Å². The molecule has 0 rings (SSSR count). The fourth-order valence-electron chi connectivity index (χ4n) is 1.17. The van der Waals surface area contributed by atoms with E-state index in [-0.39, 0.29) is 18.6 Å². The lowest BCUT2D eigenvalue weighted by molar-refractivity contribution is -0.134. The lowest BCUT2D eigenvalue weighted by atomic mass is 10.1. The van der Waals surface area contributed by atoms with Crippen molar-refractivity contribution in [1.82, 2.24) is 4.90 Å². The fourth-order valence-corrected chi connectivity index (χ4v) is 1.17. The molecule has 2 unspecified atom stereocenters. The zero-order valence-electron chi connectivity index (χ0n) is 9.77. The number of hydrogen-bond donors (Lipinski definition) is 2. The van der Waals surface area contributed by atoms with Gasteiger partial charge in [-0.1, -0.05) is 0 Å². The number of aliphatic hydroxyl groups excluding tert-OH is 1. The van der Waals surface area contributed by atoms with Gasteiger partial charge in [-0.05, 0) is 19.8 Å². The first-order valence-corrected chi connectivity index (χ1v) is 5.16. The molecule has 0 aliphatic carbocycles. The first-order valence-electron chi connectivity index (χ1n) is 5.16. The van der Waals surface area contributed by atoms with Crippen molar-refractivity contribution >= 4 is 5.91 Å². The average molecular weight is 218 g/mol. The topological polar surface area (TPSA) is 75.8 Å². The molecule has 0 aromatic rings. The van der Waals surface area contributed by atoms with Gasteiger partial charge < -0.3 is 20.5 Å². The van der Waals surface area contributed by atoms with Crippen molar-refractivity contribution in [3.63, 3.8) is 0 Å². The Balaban J connectivity index is 3.96. The molecule has 2 atom stereocenters. The van der Waals surface area contributed by atoms with Crippen LogP contribution in [0.15, 0.2) is 0 Å². The molecule has 0 aliphatic heterocycles. The minimum Gasteiger partial charge on any atom is -0.394 e. The van der Waals surface area contributed by atoms with Gasteiger partial charge in [0.05, 0.1) is 18.7 Å². The van der Waals surface area contributed by atoms with E-state index in [1.54, 1.807) is 21.1 Å². The van der Waals surface area contributed by atoms with Crippen LogP contribution in [0.1, 0.15) is 19.8 Å². The number of likely N-dealkylation sites (N-methyl/N-ethyl adjacent to an activating group) is 1. The summed E-state index contributed by atoms with van der Waals surface area (Å²) in [6, 6.07) is -0.690. The monoisotopic (exact) mass is 218 g/mol. The third-order valence-electron chi connectivity index (χ3n) is 2.45. The average Bonchev–Trinajstić information content (AvgIpc) is 2.26. The van der Waals surface area contributed by atoms with E-state index in [9.17, 15) is 4.79 Å². The molecule has 15 heavy (non-hydrogen) atoms. The van der Waals surface area contributed by atoms with Gasteiger partial charge in [-0.3, -0.25) is 4.79 Å². The Hall–Kier alpha value is -0.650. The molecular formula is C10H22N2O3. The number of carbonyl (C=O) groups is 1. The Labute approximate surface area is 91.2 Å². The second kappa shape index (κ2) is 7.62. The van der Waals surface area contributed by atoms with Crippen LogP contribution in [0.4, 0.5) is 0 Å². The van der Waals surface area contributed by atoms with E-state index in [4.69, 9.17) is 15.6 Å². The lowest BCUT2D eigenvalue weighted by Gasteiger charge is -2.26. The molecule has 0 aliphatic rings. The Bertz CT molecular complexity index is 188. The summed E-state index contributed by atoms with van der Waals surface area (Å²) in [7, 11) is 3.27. The number of ether oxygens (including phenoxy) is 1. The van der Waals surface area contributed by atoms with E-state index in [0.717, 1.165) is 6.42 Å². The van der Waals surface area contributed by atoms with Crippen LogP contribution in [0.25, 0.3) is 0 Å². The van der Waals surface area contributed by atoms with Crippen LogP contribution in [0.2, 0.25) is 0 Å². The number of methoxy groups -OCH3 is 1. The normalized spacial score (nSPS) is 14.7. The van der Waals surface area contributed by atoms with Crippen molar-refractivity contribution in [2.45, 2.75) is 31.8 Å². The predicted octanol–water partition coefficient (Wildman–Crippen LogP) is -0.420. The molecule has 0 aromatic carbocycles. The predicted molar refractivity (Wildman–Crippen MR) is 58.4 cm³/mol. The van der Waals surface area contributed by atoms with Crippen LogP contribution in [0.5, 0.6) is 0 Å². The highest BCUT2D eigenvalue weighted by atomic mass is 16.5. The van der Waals surface area contributed by atoms with Crippen molar-refractivity contribution in [3.05, 3.63) is 0 Å². The van der Waals surface area contributed by atoms with Crippen molar-refractivity contribution in [1.29, 1.82) is 0 Å². The maximum absolute atomic E-state index is 11.7. The van der Waals surface area contributed by atoms with Gasteiger partial charge in [0.2, 0.25) is 5.91 Å². The summed E-state index contributed by atoms with van der Waals surface area (Å²) in [6.45, 7) is 2.34. The quantitative estimate of drug-likeness (QED) is 0.569. The van der Waals surface area contributed by atoms with Crippen LogP contribution in [0.3, 0.4) is 0 Å². The fraction of sp³-hybridized carbons (Fsp3) is 0.900. The first-order chi connectivity index (χ1) is 7.04. The number of nitrogens with two attached hydrogens (primary N) is 1. The SMILES string of the molecule is COCCCC(N)C(=O)N(C)C(C)CO. The zero-order valence-corrected chi connectivity index (χ0v) is 9.77. The third kappa shape index (κ3) is 5.11. The Morgan fingerprint density at radius 1 is 1.60 bits per heavy atom. The van der Waals surface area contributed by atoms with E-state index in [1.165, 1.54) is 4.90 Å². The Morgan fingerprint density at radius 2 is 2.20 bits per heavy atom. The minimum absolute atomic E-state index is 0.0486. The molecule has 0 heterocycles. The number of carbonyl (C=O) groups excluding carboxylic acids is 1. The summed E-state index contributed by atoms with van der Waals surface area (Å²) in [5.74, 6) is -0.132. The third-order valence-corrected chi connectivity index (χ3v) is 2.45. The van der Waals surface area contributed by atoms with Crippen molar-refractivity contribution in [3.8, 4) is 0 Å². The lowest BCUT2D eigenvalue weighted by Crippen LogP contribution is -2.46. The molecule has 0 radical (unpaired) electrons. The molecule has 5 heteroatoms. The number of hydrogen-bond acceptors (Lipinski definition) is 4. The number of aliphatic hydroxyl groups is 1. The van der Waals surface area contributed by atoms with Gasteiger partial charge in [0, 0.05) is 20.8 Å². The van der Waals surface area contributed by atoms with Gasteiger partial charge in [-0.2, -0.15) is 0 Å². The molecule has 0 fully saturated rings. The summed E-state index contributed by atoms with van der Waals surface area (Å²) in [5, 5.41) is 8.90. The van der Waals surface area contributed by atoms with Crippen LogP contribution in [-0.2, 0) is 9.53 Å². The molecule has 0 aromatic heterocycles. The van der Waals surface area contributed by atoms with Crippen molar-refractivity contribution in [2.24, 2.45) is 5.73 Å². The number of amides is 1. The molecule has 0 saturated heterocycles. The molecule has 90 valence electrons. The van der Waals surface area contributed by atoms with Crippen LogP contribution in [0, 0.1) is 0 Å². The van der Waals surface area contributed by atoms with Gasteiger partial charge in [0.25, 0.3) is 0 Å². The maximum Gasteiger partial charge on any atom is 0.239 e. The second-order valence-corrected chi connectivity index (χ2v) is 3.72. The van der Waals surface area contributed by atoms with Gasteiger partial charge in [-0.15, -0.1) is 0 Å². The summed E-state index contributed by atoms with van der Waals surface area (Å²) in [5.41, 5.74) is 5.72. The molecule has 0 spiro atoms. The number of nitrogens with zero attached hydrogens (tertiary/aromatic N) is 1. The highest BCUT2D eigenvalue weighted by molar-refractivity contribution is 5.81. The molecular weight excluding hydrogens is 196 g/mol. The van der Waals surface area contributed by atoms with Crippen LogP contribution >= 0.6 is 0 Å². The van der Waals surface area contributed by atoms with Crippen LogP contribution < -0.4 is 5.73 Å². The summed E-state index contributed by atoms with van der Waals surface area (Å²) in [4.78, 5) is 13.2. The zero-order chi connectivity index (χ0) is 11.8. The molecule has 5 nitrogen and oxygen atoms in total. The Morgan fingerprint density at radius 3 is 2.67 bits per heavy atom. The van der Waals surface area contributed by atoms with E-state index in [1.807, 2.05) is 0 Å². The molecule has 1 amide bonds. The largest absolute Gasteiger partial charge is 0.394 e. The van der Waals surface area contributed by atoms with Gasteiger partial charge in [0.15, 0.2) is 0 Å². The van der Waals surface area contributed by atoms with E-state index in [2.05, 4.69) is 0 Å². The summed E-state index contributed by atoms with van der Waals surface area (Å²) < 4.78 is 4.88. The molecule has 0 bridgehead atoms. The first kappa shape index (κ1) is 14.3. The van der Waals surface area contributed by atoms with Crippen molar-refractivity contribution < 1.29 is 14.6 Å². The molecule has 0 saturated carbocycles. The van der Waals surface area contributed by atoms with Crippen molar-refractivity contribution in [2.75, 3.05) is 27.4 Å². The van der Waals surface area contributed by atoms with E-state index < -0.39 is 6.04 Å². The highest BCUT2D eigenvalue weighted by Gasteiger charge is 2.20. The second-order valence-electron chi connectivity index (χ2n) is 3.72. The molecule has 3 N–H and O–H groups in total. The Kier molecular flexibility index (Phi) is 7.29. The highest BCUT2D eigenvalue weighted by Crippen LogP contribution is 2.02. The van der Waals surface area contributed by atoms with Gasteiger partial charge in [0.1, 0.15) is 0 Å². The minimum atomic E-state index is -0.501. The standard InChI is InChI=1S/C10H22N2O3/c1-8(7-13)12(2)10(14)9(11)5-4-6-15-3/h8-9,13H,4-7,11H2,1-3H3. The maximum atomic E-state index is 11.7. The van der Waals surface area contributed by atoms with E-state index in [0.29, 0.717) is 13.0 Å². The van der Waals surface area contributed by atoms with Crippen LogP contribution in [-0.4, -0.2) is 55.4 Å². The van der Waals surface area contributed by atoms with Gasteiger partial charge in [-0.25, -0.2) is 0 Å². The van der Waals surface area contributed by atoms with E-state index >= 15 is 0 Å². The smallest absolute Gasteiger partial charge is 0.239 e. The number of rotatable bonds is 7.